The number of hydrogen-bond donors (Lipinski definition) is 0. The second-order valence-electron chi connectivity index (χ2n) is 7.18. The zero-order chi connectivity index (χ0) is 21.3. The highest BCUT2D eigenvalue weighted by molar-refractivity contribution is 7.99. The minimum atomic E-state index is -0.659. The van der Waals surface area contributed by atoms with Crippen molar-refractivity contribution in [3.8, 4) is 17.1 Å². The molecule has 8 heteroatoms. The molecule has 0 spiro atoms. The summed E-state index contributed by atoms with van der Waals surface area (Å²) in [6, 6.07) is 13.0. The van der Waals surface area contributed by atoms with Crippen LogP contribution in [0, 0.1) is 6.92 Å². The Morgan fingerprint density at radius 3 is 2.73 bits per heavy atom. The highest BCUT2D eigenvalue weighted by Gasteiger charge is 2.44. The number of hydrogen-bond acceptors (Lipinski definition) is 6. The van der Waals surface area contributed by atoms with Gasteiger partial charge in [-0.05, 0) is 37.6 Å². The zero-order valence-electron chi connectivity index (χ0n) is 17.2. The first-order valence-electron chi connectivity index (χ1n) is 9.97. The highest BCUT2D eigenvalue weighted by Crippen LogP contribution is 2.40. The average Bonchev–Trinajstić information content (AvgIpc) is 2.72. The van der Waals surface area contributed by atoms with Gasteiger partial charge in [0.15, 0.2) is 0 Å². The van der Waals surface area contributed by atoms with E-state index in [9.17, 15) is 9.90 Å². The number of carbonyl (C=O) groups excluding carboxylic acids is 1. The van der Waals surface area contributed by atoms with E-state index in [0.29, 0.717) is 27.8 Å². The number of anilines is 1. The van der Waals surface area contributed by atoms with Gasteiger partial charge in [0.2, 0.25) is 5.91 Å². The molecule has 0 aliphatic carbocycles. The second-order valence-corrected chi connectivity index (χ2v) is 8.24. The molecule has 3 aromatic rings. The molecular formula is C22H23N5O2S. The number of amides is 1. The standard InChI is InChI=1S/C22H23N5O2S/c1-4-5-13-30-22-24-20(29)19-16-10-6-7-12-18(16)26(15(3)28)21(27(19)25-22)17-11-8-9-14(2)23-17/h6-12,21H,4-5,13H2,1-3H3. The van der Waals surface area contributed by atoms with Gasteiger partial charge in [-0.25, -0.2) is 14.9 Å². The van der Waals surface area contributed by atoms with E-state index in [2.05, 4.69) is 16.9 Å². The van der Waals surface area contributed by atoms with Crippen LogP contribution < -0.4 is 14.7 Å². The number of aromatic nitrogens is 4. The average molecular weight is 422 g/mol. The van der Waals surface area contributed by atoms with Crippen LogP contribution in [-0.2, 0) is 4.79 Å². The van der Waals surface area contributed by atoms with Gasteiger partial charge in [0.1, 0.15) is 5.69 Å². The molecule has 7 nitrogen and oxygen atoms in total. The van der Waals surface area contributed by atoms with Crippen LogP contribution in [0.25, 0.3) is 11.3 Å². The topological polar surface area (TPSA) is 85.9 Å². The van der Waals surface area contributed by atoms with E-state index in [1.807, 2.05) is 49.4 Å². The maximum absolute atomic E-state index is 13.1. The number of fused-ring (bicyclic) bond motifs is 3. The predicted octanol–water partition coefficient (Wildman–Crippen LogP) is 3.01. The van der Waals surface area contributed by atoms with Gasteiger partial charge in [-0.3, -0.25) is 4.79 Å². The number of rotatable bonds is 5. The molecule has 1 amide bonds. The van der Waals surface area contributed by atoms with E-state index in [1.165, 1.54) is 18.7 Å². The molecule has 3 heterocycles. The van der Waals surface area contributed by atoms with Crippen LogP contribution in [0.3, 0.4) is 0 Å². The first kappa shape index (κ1) is 20.3. The number of nitrogens with zero attached hydrogens (tertiary/aromatic N) is 5. The van der Waals surface area contributed by atoms with Gasteiger partial charge in [0.05, 0.1) is 17.1 Å². The Labute approximate surface area is 179 Å². The Kier molecular flexibility index (Phi) is 5.67. The minimum absolute atomic E-state index is 0.153. The molecule has 1 aromatic carbocycles. The lowest BCUT2D eigenvalue weighted by Gasteiger charge is -2.32. The Morgan fingerprint density at radius 1 is 1.20 bits per heavy atom. The second kappa shape index (κ2) is 8.39. The summed E-state index contributed by atoms with van der Waals surface area (Å²) in [6.45, 7) is 5.53. The molecule has 0 N–H and O–H groups in total. The van der Waals surface area contributed by atoms with E-state index in [1.54, 1.807) is 9.58 Å². The van der Waals surface area contributed by atoms with Crippen LogP contribution >= 0.6 is 11.8 Å². The van der Waals surface area contributed by atoms with Gasteiger partial charge in [0.25, 0.3) is 10.9 Å². The molecule has 154 valence electrons. The maximum Gasteiger partial charge on any atom is 0.309 e. The van der Waals surface area contributed by atoms with Gasteiger partial charge in [-0.2, -0.15) is 0 Å². The quantitative estimate of drug-likeness (QED) is 0.358. The summed E-state index contributed by atoms with van der Waals surface area (Å²) >= 11 is 1.46. The fraction of sp³-hybridized carbons (Fsp3) is 0.318. The van der Waals surface area contributed by atoms with Crippen LogP contribution in [-0.4, -0.2) is 26.7 Å². The molecule has 30 heavy (non-hydrogen) atoms. The first-order chi connectivity index (χ1) is 14.5. The smallest absolute Gasteiger partial charge is 0.309 e. The van der Waals surface area contributed by atoms with Crippen molar-refractivity contribution in [1.29, 1.82) is 0 Å². The summed E-state index contributed by atoms with van der Waals surface area (Å²) < 4.78 is 1.62. The van der Waals surface area contributed by atoms with Crippen molar-refractivity contribution < 1.29 is 14.6 Å². The van der Waals surface area contributed by atoms with Crippen molar-refractivity contribution in [2.75, 3.05) is 10.7 Å². The molecule has 1 aliphatic rings. The first-order valence-corrected chi connectivity index (χ1v) is 11.0. The molecule has 0 saturated carbocycles. The van der Waals surface area contributed by atoms with Crippen LogP contribution in [0.15, 0.2) is 47.6 Å². The number of pyridine rings is 1. The van der Waals surface area contributed by atoms with E-state index < -0.39 is 6.17 Å². The lowest BCUT2D eigenvalue weighted by molar-refractivity contribution is -0.764. The Balaban J connectivity index is 1.96. The summed E-state index contributed by atoms with van der Waals surface area (Å²) in [5.41, 5.74) is 3.15. The number of unbranched alkanes of at least 4 members (excludes halogenated alkanes) is 1. The minimum Gasteiger partial charge on any atom is -0.854 e. The van der Waals surface area contributed by atoms with E-state index in [-0.39, 0.29) is 11.8 Å². The van der Waals surface area contributed by atoms with Crippen LogP contribution in [0.5, 0.6) is 5.88 Å². The zero-order valence-corrected chi connectivity index (χ0v) is 18.0. The van der Waals surface area contributed by atoms with Crippen LogP contribution in [0.4, 0.5) is 5.69 Å². The molecular weight excluding hydrogens is 398 g/mol. The fourth-order valence-electron chi connectivity index (χ4n) is 3.62. The SMILES string of the molecule is CCCCSc1nc([O-])c2[n+](n1)C(c1cccc(C)n1)N(C(C)=O)c1ccccc1-2. The van der Waals surface area contributed by atoms with E-state index in [4.69, 9.17) is 5.10 Å². The number of para-hydroxylation sites is 1. The molecule has 1 aliphatic heterocycles. The fourth-order valence-corrected chi connectivity index (χ4v) is 4.53. The van der Waals surface area contributed by atoms with Crippen molar-refractivity contribution in [1.82, 2.24) is 15.1 Å². The molecule has 0 radical (unpaired) electrons. The van der Waals surface area contributed by atoms with E-state index in [0.717, 1.165) is 24.3 Å². The predicted molar refractivity (Wildman–Crippen MR) is 113 cm³/mol. The van der Waals surface area contributed by atoms with Gasteiger partial charge in [-0.1, -0.05) is 48.0 Å². The largest absolute Gasteiger partial charge is 0.854 e. The molecule has 2 aromatic heterocycles. The summed E-state index contributed by atoms with van der Waals surface area (Å²) in [5, 5.41) is 18.2. The van der Waals surface area contributed by atoms with Crippen molar-refractivity contribution >= 4 is 23.4 Å². The monoisotopic (exact) mass is 421 g/mol. The molecule has 0 fully saturated rings. The van der Waals surface area contributed by atoms with Crippen molar-refractivity contribution in [3.63, 3.8) is 0 Å². The van der Waals surface area contributed by atoms with Crippen molar-refractivity contribution in [2.24, 2.45) is 0 Å². The molecule has 0 saturated heterocycles. The number of thioether (sulfide) groups is 1. The third-order valence-corrected chi connectivity index (χ3v) is 5.88. The Hall–Kier alpha value is -3.00. The number of aryl methyl sites for hydroxylation is 1. The number of benzene rings is 1. The normalized spacial score (nSPS) is 14.9. The van der Waals surface area contributed by atoms with Gasteiger partial charge in [-0.15, -0.1) is 0 Å². The summed E-state index contributed by atoms with van der Waals surface area (Å²) in [6.07, 6.45) is 1.40. The molecule has 4 rings (SSSR count). The van der Waals surface area contributed by atoms with Crippen LogP contribution in [0.2, 0.25) is 0 Å². The van der Waals surface area contributed by atoms with Crippen LogP contribution in [0.1, 0.15) is 44.2 Å². The van der Waals surface area contributed by atoms with Gasteiger partial charge >= 0.3 is 6.17 Å². The third-order valence-electron chi connectivity index (χ3n) is 4.96. The molecule has 0 bridgehead atoms. The Bertz CT molecular complexity index is 1100. The van der Waals surface area contributed by atoms with Gasteiger partial charge < -0.3 is 5.11 Å². The van der Waals surface area contributed by atoms with Crippen molar-refractivity contribution in [3.05, 3.63) is 53.9 Å². The highest BCUT2D eigenvalue weighted by atomic mass is 32.2. The van der Waals surface area contributed by atoms with Crippen molar-refractivity contribution in [2.45, 2.75) is 44.9 Å². The lowest BCUT2D eigenvalue weighted by atomic mass is 10.0. The summed E-state index contributed by atoms with van der Waals surface area (Å²) in [5.74, 6) is 0.327. The summed E-state index contributed by atoms with van der Waals surface area (Å²) in [7, 11) is 0. The molecule has 1 atom stereocenters. The number of carbonyl (C=O) groups is 1. The maximum atomic E-state index is 13.1. The Morgan fingerprint density at radius 2 is 2.00 bits per heavy atom. The van der Waals surface area contributed by atoms with Gasteiger partial charge in [0, 0.05) is 23.5 Å². The molecule has 1 unspecified atom stereocenters. The summed E-state index contributed by atoms with van der Waals surface area (Å²) in [4.78, 5) is 23.3. The lowest BCUT2D eigenvalue weighted by Crippen LogP contribution is -2.59. The third kappa shape index (κ3) is 3.63. The van der Waals surface area contributed by atoms with E-state index >= 15 is 0 Å².